The summed E-state index contributed by atoms with van der Waals surface area (Å²) in [7, 11) is 4.09. The van der Waals surface area contributed by atoms with Crippen LogP contribution in [0.3, 0.4) is 0 Å². The lowest BCUT2D eigenvalue weighted by molar-refractivity contribution is 0.632. The van der Waals surface area contributed by atoms with Crippen molar-refractivity contribution in [3.63, 3.8) is 0 Å². The highest BCUT2D eigenvalue weighted by molar-refractivity contribution is 14.0. The lowest BCUT2D eigenvalue weighted by Gasteiger charge is -2.14. The summed E-state index contributed by atoms with van der Waals surface area (Å²) in [5, 5.41) is 14.7. The summed E-state index contributed by atoms with van der Waals surface area (Å²) in [6, 6.07) is 8.43. The van der Waals surface area contributed by atoms with Gasteiger partial charge in [0.05, 0.1) is 6.54 Å². The second-order valence-electron chi connectivity index (χ2n) is 5.98. The molecule has 2 rings (SSSR count). The number of aliphatic imine (C=N–C) groups is 1. The average Bonchev–Trinajstić information content (AvgIpc) is 3.07. The Labute approximate surface area is 173 Å². The molecule has 0 aliphatic rings. The van der Waals surface area contributed by atoms with Gasteiger partial charge in [-0.25, -0.2) is 4.99 Å². The van der Waals surface area contributed by atoms with E-state index in [1.54, 1.807) is 6.33 Å². The van der Waals surface area contributed by atoms with Gasteiger partial charge >= 0.3 is 0 Å². The number of hydrogen-bond acceptors (Lipinski definition) is 4. The predicted octanol–water partition coefficient (Wildman–Crippen LogP) is 2.28. The number of aryl methyl sites for hydroxylation is 1. The van der Waals surface area contributed by atoms with Crippen LogP contribution in [0, 0.1) is 0 Å². The van der Waals surface area contributed by atoms with E-state index < -0.39 is 0 Å². The first-order valence-corrected chi connectivity index (χ1v) is 8.79. The van der Waals surface area contributed by atoms with E-state index in [0.717, 1.165) is 37.8 Å². The number of hydrogen-bond donors (Lipinski definition) is 2. The molecule has 144 valence electrons. The summed E-state index contributed by atoms with van der Waals surface area (Å²) < 4.78 is 2.07. The molecule has 1 aromatic carbocycles. The van der Waals surface area contributed by atoms with Gasteiger partial charge in [-0.1, -0.05) is 19.1 Å². The molecule has 0 aliphatic heterocycles. The Morgan fingerprint density at radius 1 is 1.23 bits per heavy atom. The van der Waals surface area contributed by atoms with E-state index in [9.17, 15) is 0 Å². The Bertz CT molecular complexity index is 682. The summed E-state index contributed by atoms with van der Waals surface area (Å²) >= 11 is 0. The van der Waals surface area contributed by atoms with Crippen LogP contribution in [-0.2, 0) is 19.5 Å². The fourth-order valence-electron chi connectivity index (χ4n) is 2.48. The Kier molecular flexibility index (Phi) is 10.0. The van der Waals surface area contributed by atoms with Gasteiger partial charge in [0.25, 0.3) is 0 Å². The monoisotopic (exact) mass is 471 g/mol. The molecular weight excluding hydrogens is 441 g/mol. The highest BCUT2D eigenvalue weighted by atomic mass is 127. The van der Waals surface area contributed by atoms with E-state index >= 15 is 0 Å². The lowest BCUT2D eigenvalue weighted by atomic mass is 10.2. The van der Waals surface area contributed by atoms with Crippen LogP contribution in [-0.4, -0.2) is 47.9 Å². The Morgan fingerprint density at radius 3 is 2.73 bits per heavy atom. The van der Waals surface area contributed by atoms with E-state index in [-0.39, 0.29) is 24.0 Å². The predicted molar refractivity (Wildman–Crippen MR) is 118 cm³/mol. The van der Waals surface area contributed by atoms with Gasteiger partial charge in [-0.2, -0.15) is 0 Å². The first-order valence-electron chi connectivity index (χ1n) is 8.79. The molecule has 0 saturated carbocycles. The molecule has 26 heavy (non-hydrogen) atoms. The standard InChI is InChI=1S/C18H29N7.HI/c1-5-17-23-22-14-25(17)11-10-20-18(19-6-2)21-13-15-8-7-9-16(12-15)24(3)4;/h7-9,12,14H,5-6,10-11,13H2,1-4H3,(H2,19,20,21);1H. The molecule has 0 fully saturated rings. The molecule has 2 aromatic rings. The van der Waals surface area contributed by atoms with Crippen molar-refractivity contribution in [1.82, 2.24) is 25.4 Å². The third-order valence-electron chi connectivity index (χ3n) is 3.85. The van der Waals surface area contributed by atoms with Gasteiger partial charge in [0.1, 0.15) is 12.2 Å². The Morgan fingerprint density at radius 2 is 2.04 bits per heavy atom. The lowest BCUT2D eigenvalue weighted by Crippen LogP contribution is -2.38. The molecular formula is C18H30IN7. The highest BCUT2D eigenvalue weighted by Crippen LogP contribution is 2.13. The number of guanidine groups is 1. The smallest absolute Gasteiger partial charge is 0.191 e. The number of rotatable bonds is 8. The summed E-state index contributed by atoms with van der Waals surface area (Å²) in [6.45, 7) is 7.21. The fourth-order valence-corrected chi connectivity index (χ4v) is 2.48. The normalized spacial score (nSPS) is 11.0. The molecule has 0 bridgehead atoms. The van der Waals surface area contributed by atoms with E-state index in [1.165, 1.54) is 11.3 Å². The SMILES string of the molecule is CCNC(=NCc1cccc(N(C)C)c1)NCCn1cnnc1CC.I. The van der Waals surface area contributed by atoms with Crippen LogP contribution in [0.25, 0.3) is 0 Å². The minimum absolute atomic E-state index is 0. The summed E-state index contributed by atoms with van der Waals surface area (Å²) in [4.78, 5) is 6.78. The zero-order chi connectivity index (χ0) is 18.1. The van der Waals surface area contributed by atoms with E-state index in [1.807, 2.05) is 14.1 Å². The van der Waals surface area contributed by atoms with Crippen LogP contribution in [0.15, 0.2) is 35.6 Å². The third kappa shape index (κ3) is 6.81. The van der Waals surface area contributed by atoms with E-state index in [2.05, 4.69) is 73.4 Å². The molecule has 0 radical (unpaired) electrons. The number of nitrogens with one attached hydrogen (secondary N) is 2. The molecule has 0 saturated heterocycles. The molecule has 1 heterocycles. The van der Waals surface area contributed by atoms with Crippen molar-refractivity contribution in [1.29, 1.82) is 0 Å². The Balaban J connectivity index is 0.00000338. The van der Waals surface area contributed by atoms with Crippen molar-refractivity contribution >= 4 is 35.6 Å². The average molecular weight is 471 g/mol. The van der Waals surface area contributed by atoms with Crippen LogP contribution < -0.4 is 15.5 Å². The fraction of sp³-hybridized carbons (Fsp3) is 0.500. The summed E-state index contributed by atoms with van der Waals surface area (Å²) in [6.07, 6.45) is 2.66. The first-order chi connectivity index (χ1) is 12.1. The largest absolute Gasteiger partial charge is 0.378 e. The van der Waals surface area contributed by atoms with Crippen LogP contribution in [0.5, 0.6) is 0 Å². The van der Waals surface area contributed by atoms with Gasteiger partial charge in [0.2, 0.25) is 0 Å². The number of halogens is 1. The van der Waals surface area contributed by atoms with Crippen molar-refractivity contribution in [2.75, 3.05) is 32.1 Å². The second-order valence-corrected chi connectivity index (χ2v) is 5.98. The number of nitrogens with zero attached hydrogens (tertiary/aromatic N) is 5. The van der Waals surface area contributed by atoms with Crippen molar-refractivity contribution in [3.8, 4) is 0 Å². The number of anilines is 1. The van der Waals surface area contributed by atoms with Crippen LogP contribution in [0.2, 0.25) is 0 Å². The van der Waals surface area contributed by atoms with Gasteiger partial charge in [0.15, 0.2) is 5.96 Å². The van der Waals surface area contributed by atoms with Gasteiger partial charge < -0.3 is 20.1 Å². The van der Waals surface area contributed by atoms with Crippen LogP contribution >= 0.6 is 24.0 Å². The molecule has 7 nitrogen and oxygen atoms in total. The maximum Gasteiger partial charge on any atom is 0.191 e. The van der Waals surface area contributed by atoms with Gasteiger partial charge in [-0.15, -0.1) is 34.2 Å². The second kappa shape index (κ2) is 11.7. The first kappa shape index (κ1) is 22.2. The molecule has 0 unspecified atom stereocenters. The van der Waals surface area contributed by atoms with Crippen molar-refractivity contribution in [2.24, 2.45) is 4.99 Å². The maximum absolute atomic E-state index is 4.68. The van der Waals surface area contributed by atoms with Crippen LogP contribution in [0.4, 0.5) is 5.69 Å². The van der Waals surface area contributed by atoms with E-state index in [0.29, 0.717) is 6.54 Å². The van der Waals surface area contributed by atoms with Crippen molar-refractivity contribution in [3.05, 3.63) is 42.0 Å². The zero-order valence-corrected chi connectivity index (χ0v) is 18.4. The maximum atomic E-state index is 4.68. The van der Waals surface area contributed by atoms with Crippen molar-refractivity contribution < 1.29 is 0 Å². The van der Waals surface area contributed by atoms with Crippen molar-refractivity contribution in [2.45, 2.75) is 33.4 Å². The quantitative estimate of drug-likeness (QED) is 0.351. The molecule has 0 aliphatic carbocycles. The summed E-state index contributed by atoms with van der Waals surface area (Å²) in [5.41, 5.74) is 2.38. The van der Waals surface area contributed by atoms with Gasteiger partial charge in [0, 0.05) is 45.8 Å². The topological polar surface area (TPSA) is 70.4 Å². The minimum Gasteiger partial charge on any atom is -0.378 e. The highest BCUT2D eigenvalue weighted by Gasteiger charge is 2.03. The van der Waals surface area contributed by atoms with E-state index in [4.69, 9.17) is 0 Å². The zero-order valence-electron chi connectivity index (χ0n) is 16.1. The minimum atomic E-state index is 0. The summed E-state index contributed by atoms with van der Waals surface area (Å²) in [5.74, 6) is 1.83. The molecule has 0 amide bonds. The molecule has 1 aromatic heterocycles. The van der Waals surface area contributed by atoms with Gasteiger partial charge in [-0.3, -0.25) is 0 Å². The molecule has 2 N–H and O–H groups in total. The molecule has 8 heteroatoms. The number of benzene rings is 1. The van der Waals surface area contributed by atoms with Crippen LogP contribution in [0.1, 0.15) is 25.2 Å². The number of aromatic nitrogens is 3. The molecule has 0 atom stereocenters. The third-order valence-corrected chi connectivity index (χ3v) is 3.85. The molecule has 0 spiro atoms. The van der Waals surface area contributed by atoms with Gasteiger partial charge in [-0.05, 0) is 24.6 Å². The Hall–Kier alpha value is -1.84.